The van der Waals surface area contributed by atoms with Gasteiger partial charge in [-0.3, -0.25) is 4.68 Å². The van der Waals surface area contributed by atoms with Crippen molar-refractivity contribution in [2.75, 3.05) is 0 Å². The smallest absolute Gasteiger partial charge is 0.248 e. The summed E-state index contributed by atoms with van der Waals surface area (Å²) < 4.78 is 6.88. The molecule has 3 aromatic rings. The van der Waals surface area contributed by atoms with Crippen molar-refractivity contribution in [3.8, 4) is 5.75 Å². The molecule has 2 heterocycles. The third kappa shape index (κ3) is 2.92. The van der Waals surface area contributed by atoms with Crippen molar-refractivity contribution in [1.82, 2.24) is 19.9 Å². The summed E-state index contributed by atoms with van der Waals surface area (Å²) in [5, 5.41) is 17.3. The maximum Gasteiger partial charge on any atom is 0.248 e. The Hall–Kier alpha value is -2.67. The molecule has 0 aliphatic carbocycles. The van der Waals surface area contributed by atoms with Crippen LogP contribution in [0, 0.1) is 0 Å². The van der Waals surface area contributed by atoms with Gasteiger partial charge in [0.15, 0.2) is 5.82 Å². The van der Waals surface area contributed by atoms with Crippen LogP contribution in [0.25, 0.3) is 0 Å². The van der Waals surface area contributed by atoms with Crippen LogP contribution in [0.5, 0.6) is 5.75 Å². The van der Waals surface area contributed by atoms with Crippen molar-refractivity contribution in [2.24, 2.45) is 12.8 Å². The van der Waals surface area contributed by atoms with E-state index in [-0.39, 0.29) is 5.75 Å². The minimum absolute atomic E-state index is 0.228. The molecule has 1 atom stereocenters. The van der Waals surface area contributed by atoms with Crippen molar-refractivity contribution in [3.63, 3.8) is 0 Å². The molecular weight excluding hydrogens is 270 g/mol. The molecule has 0 aliphatic heterocycles. The lowest BCUT2D eigenvalue weighted by molar-refractivity contribution is 0.363. The van der Waals surface area contributed by atoms with E-state index in [9.17, 15) is 5.11 Å². The third-order valence-electron chi connectivity index (χ3n) is 3.13. The molecule has 7 nitrogen and oxygen atoms in total. The van der Waals surface area contributed by atoms with E-state index in [1.54, 1.807) is 23.0 Å². The molecule has 3 N–H and O–H groups in total. The van der Waals surface area contributed by atoms with Gasteiger partial charge in [0, 0.05) is 25.2 Å². The molecule has 0 saturated carbocycles. The number of benzene rings is 1. The van der Waals surface area contributed by atoms with Crippen molar-refractivity contribution >= 4 is 0 Å². The molecule has 7 heteroatoms. The van der Waals surface area contributed by atoms with Crippen molar-refractivity contribution < 1.29 is 9.63 Å². The first-order valence-electron chi connectivity index (χ1n) is 6.46. The normalized spacial score (nSPS) is 12.5. The van der Waals surface area contributed by atoms with E-state index in [4.69, 9.17) is 10.3 Å². The quantitative estimate of drug-likeness (QED) is 0.745. The van der Waals surface area contributed by atoms with Gasteiger partial charge in [0.1, 0.15) is 11.8 Å². The van der Waals surface area contributed by atoms with Gasteiger partial charge in [-0.05, 0) is 17.7 Å². The highest BCUT2D eigenvalue weighted by atomic mass is 16.5. The Morgan fingerprint density at radius 3 is 2.76 bits per heavy atom. The van der Waals surface area contributed by atoms with Gasteiger partial charge in [-0.2, -0.15) is 10.1 Å². The predicted molar refractivity (Wildman–Crippen MR) is 74.4 cm³/mol. The molecule has 1 unspecified atom stereocenters. The van der Waals surface area contributed by atoms with Crippen LogP contribution in [-0.2, 0) is 13.5 Å². The van der Waals surface area contributed by atoms with E-state index in [0.717, 1.165) is 11.1 Å². The first-order chi connectivity index (χ1) is 10.1. The van der Waals surface area contributed by atoms with Crippen LogP contribution in [0.3, 0.4) is 0 Å². The standard InChI is InChI=1S/C14H15N5O2/c1-19-8-10(7-16-19)13(15)14-17-12(18-21-14)6-9-2-4-11(20)5-3-9/h2-5,7-8,13,20H,6,15H2,1H3. The highest BCUT2D eigenvalue weighted by molar-refractivity contribution is 5.27. The number of rotatable bonds is 4. The molecule has 0 spiro atoms. The minimum atomic E-state index is -0.486. The molecule has 21 heavy (non-hydrogen) atoms. The molecule has 108 valence electrons. The van der Waals surface area contributed by atoms with E-state index in [2.05, 4.69) is 15.2 Å². The Kier molecular flexibility index (Phi) is 3.41. The lowest BCUT2D eigenvalue weighted by Gasteiger charge is -2.01. The van der Waals surface area contributed by atoms with Crippen LogP contribution in [0.2, 0.25) is 0 Å². The van der Waals surface area contributed by atoms with Crippen LogP contribution in [0.15, 0.2) is 41.2 Å². The second kappa shape index (κ2) is 5.37. The average molecular weight is 285 g/mol. The number of hydrogen-bond acceptors (Lipinski definition) is 6. The van der Waals surface area contributed by atoms with E-state index >= 15 is 0 Å². The Balaban J connectivity index is 1.75. The zero-order valence-corrected chi connectivity index (χ0v) is 11.5. The van der Waals surface area contributed by atoms with Crippen molar-refractivity contribution in [2.45, 2.75) is 12.5 Å². The second-order valence-electron chi connectivity index (χ2n) is 4.82. The molecule has 0 radical (unpaired) electrons. The summed E-state index contributed by atoms with van der Waals surface area (Å²) in [6.45, 7) is 0. The number of nitrogens with two attached hydrogens (primary N) is 1. The monoisotopic (exact) mass is 285 g/mol. The zero-order valence-electron chi connectivity index (χ0n) is 11.5. The van der Waals surface area contributed by atoms with Gasteiger partial charge in [-0.25, -0.2) is 0 Å². The van der Waals surface area contributed by atoms with Crippen LogP contribution < -0.4 is 5.73 Å². The number of aromatic hydroxyl groups is 1. The fourth-order valence-corrected chi connectivity index (χ4v) is 2.01. The summed E-state index contributed by atoms with van der Waals surface area (Å²) >= 11 is 0. The largest absolute Gasteiger partial charge is 0.508 e. The third-order valence-corrected chi connectivity index (χ3v) is 3.13. The highest BCUT2D eigenvalue weighted by Crippen LogP contribution is 2.18. The number of nitrogens with zero attached hydrogens (tertiary/aromatic N) is 4. The molecular formula is C14H15N5O2. The Morgan fingerprint density at radius 1 is 1.33 bits per heavy atom. The molecule has 0 fully saturated rings. The molecule has 3 rings (SSSR count). The predicted octanol–water partition coefficient (Wildman–Crippen LogP) is 1.15. The SMILES string of the molecule is Cn1cc(C(N)c2nc(Cc3ccc(O)cc3)no2)cn1. The summed E-state index contributed by atoms with van der Waals surface area (Å²) in [5.41, 5.74) is 7.87. The van der Waals surface area contributed by atoms with Crippen LogP contribution in [0.1, 0.15) is 28.9 Å². The van der Waals surface area contributed by atoms with Gasteiger partial charge >= 0.3 is 0 Å². The van der Waals surface area contributed by atoms with Gasteiger partial charge in [0.2, 0.25) is 5.89 Å². The number of aromatic nitrogens is 4. The number of aryl methyl sites for hydroxylation is 1. The first-order valence-corrected chi connectivity index (χ1v) is 6.46. The lowest BCUT2D eigenvalue weighted by atomic mass is 10.1. The first kappa shape index (κ1) is 13.3. The molecule has 0 amide bonds. The summed E-state index contributed by atoms with van der Waals surface area (Å²) in [4.78, 5) is 4.31. The molecule has 0 bridgehead atoms. The van der Waals surface area contributed by atoms with E-state index in [1.807, 2.05) is 25.4 Å². The maximum atomic E-state index is 9.25. The minimum Gasteiger partial charge on any atom is -0.508 e. The zero-order chi connectivity index (χ0) is 14.8. The summed E-state index contributed by atoms with van der Waals surface area (Å²) in [7, 11) is 1.82. The van der Waals surface area contributed by atoms with Gasteiger partial charge in [-0.15, -0.1) is 0 Å². The Bertz CT molecular complexity index is 732. The Labute approximate surface area is 121 Å². The Morgan fingerprint density at radius 2 is 2.10 bits per heavy atom. The van der Waals surface area contributed by atoms with Gasteiger partial charge in [-0.1, -0.05) is 17.3 Å². The average Bonchev–Trinajstić information content (AvgIpc) is 3.10. The van der Waals surface area contributed by atoms with Crippen molar-refractivity contribution in [1.29, 1.82) is 0 Å². The van der Waals surface area contributed by atoms with Crippen LogP contribution >= 0.6 is 0 Å². The van der Waals surface area contributed by atoms with Gasteiger partial charge in [0.05, 0.1) is 6.20 Å². The molecule has 0 saturated heterocycles. The number of phenols is 1. The van der Waals surface area contributed by atoms with Gasteiger partial charge < -0.3 is 15.4 Å². The van der Waals surface area contributed by atoms with Crippen molar-refractivity contribution in [3.05, 3.63) is 59.5 Å². The topological polar surface area (TPSA) is 103 Å². The summed E-state index contributed by atoms with van der Waals surface area (Å²) in [6.07, 6.45) is 4.01. The second-order valence-corrected chi connectivity index (χ2v) is 4.82. The summed E-state index contributed by atoms with van der Waals surface area (Å²) in [6, 6.07) is 6.38. The van der Waals surface area contributed by atoms with Gasteiger partial charge in [0.25, 0.3) is 0 Å². The van der Waals surface area contributed by atoms with E-state index in [0.29, 0.717) is 18.1 Å². The lowest BCUT2D eigenvalue weighted by Crippen LogP contribution is -2.11. The van der Waals surface area contributed by atoms with Crippen LogP contribution in [-0.4, -0.2) is 25.0 Å². The number of hydrogen-bond donors (Lipinski definition) is 2. The molecule has 1 aromatic carbocycles. The van der Waals surface area contributed by atoms with E-state index < -0.39 is 6.04 Å². The summed E-state index contributed by atoms with van der Waals surface area (Å²) in [5.74, 6) is 1.14. The highest BCUT2D eigenvalue weighted by Gasteiger charge is 2.18. The van der Waals surface area contributed by atoms with E-state index in [1.165, 1.54) is 0 Å². The molecule has 2 aromatic heterocycles. The number of phenolic OH excluding ortho intramolecular Hbond substituents is 1. The van der Waals surface area contributed by atoms with Crippen LogP contribution in [0.4, 0.5) is 0 Å². The fourth-order valence-electron chi connectivity index (χ4n) is 2.01. The maximum absolute atomic E-state index is 9.25. The molecule has 0 aliphatic rings. The fraction of sp³-hybridized carbons (Fsp3) is 0.214.